The maximum absolute atomic E-state index is 11.9. The van der Waals surface area contributed by atoms with Gasteiger partial charge in [-0.1, -0.05) is 0 Å². The second-order valence-corrected chi connectivity index (χ2v) is 3.80. The molecule has 16 heavy (non-hydrogen) atoms. The minimum atomic E-state index is -0.155. The van der Waals surface area contributed by atoms with Gasteiger partial charge in [-0.15, -0.1) is 0 Å². The van der Waals surface area contributed by atoms with Gasteiger partial charge in [-0.05, 0) is 25.0 Å². The van der Waals surface area contributed by atoms with Crippen LogP contribution < -0.4 is 11.1 Å². The Kier molecular flexibility index (Phi) is 3.36. The number of nitrogens with zero attached hydrogens (tertiary/aromatic N) is 1. The summed E-state index contributed by atoms with van der Waals surface area (Å²) in [6.07, 6.45) is 3.28. The second kappa shape index (κ2) is 4.94. The molecular weight excluding hydrogens is 206 g/mol. The van der Waals surface area contributed by atoms with Crippen LogP contribution in [-0.2, 0) is 4.74 Å². The van der Waals surface area contributed by atoms with E-state index in [1.807, 2.05) is 0 Å². The first-order valence-corrected chi connectivity index (χ1v) is 5.36. The highest BCUT2D eigenvalue weighted by Crippen LogP contribution is 2.10. The molecule has 1 amide bonds. The van der Waals surface area contributed by atoms with Gasteiger partial charge < -0.3 is 15.8 Å². The topological polar surface area (TPSA) is 77.2 Å². The Morgan fingerprint density at radius 1 is 1.50 bits per heavy atom. The zero-order chi connectivity index (χ0) is 11.4. The normalized spacial score (nSPS) is 17.0. The van der Waals surface area contributed by atoms with E-state index in [2.05, 4.69) is 10.3 Å². The summed E-state index contributed by atoms with van der Waals surface area (Å²) in [7, 11) is 0. The van der Waals surface area contributed by atoms with Crippen LogP contribution in [0.5, 0.6) is 0 Å². The van der Waals surface area contributed by atoms with Gasteiger partial charge in [0.15, 0.2) is 0 Å². The number of ether oxygens (including phenoxy) is 1. The van der Waals surface area contributed by atoms with Crippen LogP contribution >= 0.6 is 0 Å². The lowest BCUT2D eigenvalue weighted by atomic mass is 10.1. The third-order valence-corrected chi connectivity index (χ3v) is 2.64. The molecular formula is C11H15N3O2. The molecule has 86 valence electrons. The molecule has 1 saturated heterocycles. The van der Waals surface area contributed by atoms with Gasteiger partial charge >= 0.3 is 0 Å². The van der Waals surface area contributed by atoms with Gasteiger partial charge in [-0.3, -0.25) is 4.79 Å². The highest BCUT2D eigenvalue weighted by atomic mass is 16.5. The SMILES string of the molecule is Nc1ncccc1C(=O)NC1CCOCC1. The summed E-state index contributed by atoms with van der Waals surface area (Å²) in [5.41, 5.74) is 6.07. The molecule has 2 rings (SSSR count). The fourth-order valence-electron chi connectivity index (χ4n) is 1.71. The first-order valence-electron chi connectivity index (χ1n) is 5.36. The molecule has 1 fully saturated rings. The Labute approximate surface area is 94.0 Å². The molecule has 5 nitrogen and oxygen atoms in total. The van der Waals surface area contributed by atoms with Crippen molar-refractivity contribution >= 4 is 11.7 Å². The highest BCUT2D eigenvalue weighted by Gasteiger charge is 2.18. The van der Waals surface area contributed by atoms with E-state index in [1.54, 1.807) is 18.3 Å². The van der Waals surface area contributed by atoms with Crippen molar-refractivity contribution in [2.24, 2.45) is 0 Å². The van der Waals surface area contributed by atoms with Gasteiger partial charge in [-0.2, -0.15) is 0 Å². The Hall–Kier alpha value is -1.62. The number of hydrogen-bond donors (Lipinski definition) is 2. The molecule has 0 aromatic carbocycles. The lowest BCUT2D eigenvalue weighted by Gasteiger charge is -2.23. The van der Waals surface area contributed by atoms with Crippen molar-refractivity contribution in [3.63, 3.8) is 0 Å². The lowest BCUT2D eigenvalue weighted by Crippen LogP contribution is -2.39. The number of pyridine rings is 1. The molecule has 0 aliphatic carbocycles. The van der Waals surface area contributed by atoms with Gasteiger partial charge in [-0.25, -0.2) is 4.98 Å². The molecule has 1 aliphatic rings. The maximum atomic E-state index is 11.9. The number of hydrogen-bond acceptors (Lipinski definition) is 4. The molecule has 1 aliphatic heterocycles. The number of carbonyl (C=O) groups excluding carboxylic acids is 1. The fraction of sp³-hybridized carbons (Fsp3) is 0.455. The summed E-state index contributed by atoms with van der Waals surface area (Å²) in [4.78, 5) is 15.7. The predicted octanol–water partition coefficient (Wildman–Crippen LogP) is 0.573. The van der Waals surface area contributed by atoms with Crippen molar-refractivity contribution in [3.05, 3.63) is 23.9 Å². The molecule has 3 N–H and O–H groups in total. The van der Waals surface area contributed by atoms with Crippen molar-refractivity contribution in [2.45, 2.75) is 18.9 Å². The minimum absolute atomic E-state index is 0.155. The van der Waals surface area contributed by atoms with E-state index in [4.69, 9.17) is 10.5 Å². The minimum Gasteiger partial charge on any atom is -0.383 e. The average molecular weight is 221 g/mol. The van der Waals surface area contributed by atoms with E-state index in [-0.39, 0.29) is 17.8 Å². The third kappa shape index (κ3) is 2.49. The van der Waals surface area contributed by atoms with Crippen molar-refractivity contribution in [1.82, 2.24) is 10.3 Å². The van der Waals surface area contributed by atoms with Crippen LogP contribution in [-0.4, -0.2) is 30.1 Å². The monoisotopic (exact) mass is 221 g/mol. The number of nitrogen functional groups attached to an aromatic ring is 1. The maximum Gasteiger partial charge on any atom is 0.255 e. The molecule has 1 aromatic heterocycles. The average Bonchev–Trinajstić information content (AvgIpc) is 2.31. The Balaban J connectivity index is 2.00. The van der Waals surface area contributed by atoms with Crippen LogP contribution in [0.1, 0.15) is 23.2 Å². The van der Waals surface area contributed by atoms with E-state index >= 15 is 0 Å². The molecule has 5 heteroatoms. The molecule has 0 bridgehead atoms. The smallest absolute Gasteiger partial charge is 0.255 e. The molecule has 0 spiro atoms. The first-order chi connectivity index (χ1) is 7.77. The number of rotatable bonds is 2. The third-order valence-electron chi connectivity index (χ3n) is 2.64. The molecule has 1 aromatic rings. The molecule has 0 atom stereocenters. The standard InChI is InChI=1S/C11H15N3O2/c12-10-9(2-1-5-13-10)11(15)14-8-3-6-16-7-4-8/h1-2,5,8H,3-4,6-7H2,(H2,12,13)(H,14,15). The lowest BCUT2D eigenvalue weighted by molar-refractivity contribution is 0.0697. The molecule has 2 heterocycles. The summed E-state index contributed by atoms with van der Waals surface area (Å²) >= 11 is 0. The van der Waals surface area contributed by atoms with Crippen LogP contribution in [0, 0.1) is 0 Å². The van der Waals surface area contributed by atoms with Gasteiger partial charge in [0.2, 0.25) is 0 Å². The number of nitrogens with one attached hydrogen (secondary N) is 1. The van der Waals surface area contributed by atoms with Gasteiger partial charge in [0.1, 0.15) is 5.82 Å². The zero-order valence-corrected chi connectivity index (χ0v) is 8.98. The van der Waals surface area contributed by atoms with E-state index in [9.17, 15) is 4.79 Å². The highest BCUT2D eigenvalue weighted by molar-refractivity contribution is 5.98. The van der Waals surface area contributed by atoms with Crippen molar-refractivity contribution in [3.8, 4) is 0 Å². The van der Waals surface area contributed by atoms with Crippen molar-refractivity contribution in [1.29, 1.82) is 0 Å². The van der Waals surface area contributed by atoms with Crippen LogP contribution in [0.25, 0.3) is 0 Å². The summed E-state index contributed by atoms with van der Waals surface area (Å²) in [5.74, 6) is 0.115. The van der Waals surface area contributed by atoms with Gasteiger partial charge in [0, 0.05) is 25.5 Å². The Morgan fingerprint density at radius 3 is 2.94 bits per heavy atom. The van der Waals surface area contributed by atoms with Gasteiger partial charge in [0.25, 0.3) is 5.91 Å². The fourth-order valence-corrected chi connectivity index (χ4v) is 1.71. The molecule has 0 radical (unpaired) electrons. The van der Waals surface area contributed by atoms with Crippen molar-refractivity contribution < 1.29 is 9.53 Å². The van der Waals surface area contributed by atoms with E-state index < -0.39 is 0 Å². The number of aromatic nitrogens is 1. The summed E-state index contributed by atoms with van der Waals surface area (Å²) in [6, 6.07) is 3.56. The van der Waals surface area contributed by atoms with E-state index in [1.165, 1.54) is 0 Å². The first kappa shape index (κ1) is 10.9. The molecule has 0 unspecified atom stereocenters. The number of amides is 1. The summed E-state index contributed by atoms with van der Waals surface area (Å²) in [5, 5.41) is 2.94. The predicted molar refractivity (Wildman–Crippen MR) is 60.0 cm³/mol. The number of anilines is 1. The quantitative estimate of drug-likeness (QED) is 0.765. The van der Waals surface area contributed by atoms with Crippen LogP contribution in [0.4, 0.5) is 5.82 Å². The zero-order valence-electron chi connectivity index (χ0n) is 8.98. The summed E-state index contributed by atoms with van der Waals surface area (Å²) < 4.78 is 5.22. The van der Waals surface area contributed by atoms with Crippen molar-refractivity contribution in [2.75, 3.05) is 18.9 Å². The Morgan fingerprint density at radius 2 is 2.25 bits per heavy atom. The number of nitrogens with two attached hydrogens (primary N) is 1. The largest absolute Gasteiger partial charge is 0.383 e. The van der Waals surface area contributed by atoms with Crippen LogP contribution in [0.2, 0.25) is 0 Å². The number of carbonyl (C=O) groups is 1. The molecule has 0 saturated carbocycles. The van der Waals surface area contributed by atoms with Crippen LogP contribution in [0.3, 0.4) is 0 Å². The summed E-state index contributed by atoms with van der Waals surface area (Å²) in [6.45, 7) is 1.40. The van der Waals surface area contributed by atoms with Gasteiger partial charge in [0.05, 0.1) is 5.56 Å². The van der Waals surface area contributed by atoms with E-state index in [0.717, 1.165) is 12.8 Å². The second-order valence-electron chi connectivity index (χ2n) is 3.80. The Bertz CT molecular complexity index is 375. The van der Waals surface area contributed by atoms with E-state index in [0.29, 0.717) is 18.8 Å². The van der Waals surface area contributed by atoms with Crippen LogP contribution in [0.15, 0.2) is 18.3 Å².